The van der Waals surface area contributed by atoms with Crippen LogP contribution in [0.2, 0.25) is 4.34 Å². The van der Waals surface area contributed by atoms with Crippen LogP contribution in [0.25, 0.3) is 21.5 Å². The first-order valence-electron chi connectivity index (χ1n) is 4.92. The lowest BCUT2D eigenvalue weighted by Gasteiger charge is -1.92. The van der Waals surface area contributed by atoms with E-state index in [2.05, 4.69) is 9.97 Å². The number of nitrogens with one attached hydrogen (secondary N) is 1. The van der Waals surface area contributed by atoms with Crippen LogP contribution >= 0.6 is 22.9 Å². The molecule has 0 unspecified atom stereocenters. The van der Waals surface area contributed by atoms with Gasteiger partial charge in [0, 0.05) is 22.7 Å². The van der Waals surface area contributed by atoms with Crippen molar-refractivity contribution >= 4 is 33.8 Å². The lowest BCUT2D eigenvalue weighted by atomic mass is 10.2. The van der Waals surface area contributed by atoms with E-state index in [1.807, 2.05) is 36.5 Å². The van der Waals surface area contributed by atoms with E-state index in [4.69, 9.17) is 16.9 Å². The Hall–Kier alpha value is -1.83. The van der Waals surface area contributed by atoms with Gasteiger partial charge in [-0.3, -0.25) is 0 Å². The van der Waals surface area contributed by atoms with Crippen LogP contribution in [0.4, 0.5) is 0 Å². The van der Waals surface area contributed by atoms with Gasteiger partial charge in [0.25, 0.3) is 0 Å². The van der Waals surface area contributed by atoms with Crippen molar-refractivity contribution in [1.82, 2.24) is 9.97 Å². The average molecular weight is 260 g/mol. The molecular formula is C12H6ClN3S. The maximum atomic E-state index is 8.84. The van der Waals surface area contributed by atoms with Gasteiger partial charge >= 0.3 is 0 Å². The molecule has 0 radical (unpaired) electrons. The van der Waals surface area contributed by atoms with Gasteiger partial charge in [0.2, 0.25) is 0 Å². The first-order chi connectivity index (χ1) is 8.29. The van der Waals surface area contributed by atoms with E-state index in [0.717, 1.165) is 21.5 Å². The van der Waals surface area contributed by atoms with E-state index in [1.54, 1.807) is 0 Å². The number of benzene rings is 1. The van der Waals surface area contributed by atoms with E-state index in [9.17, 15) is 0 Å². The topological polar surface area (TPSA) is 52.5 Å². The molecule has 3 nitrogen and oxygen atoms in total. The summed E-state index contributed by atoms with van der Waals surface area (Å²) in [5.41, 5.74) is 2.32. The highest BCUT2D eigenvalue weighted by Gasteiger charge is 2.13. The third kappa shape index (κ3) is 1.60. The Bertz CT molecular complexity index is 736. The van der Waals surface area contributed by atoms with Crippen molar-refractivity contribution in [3.8, 4) is 16.6 Å². The van der Waals surface area contributed by atoms with Crippen LogP contribution in [0.5, 0.6) is 0 Å². The monoisotopic (exact) mass is 259 g/mol. The Morgan fingerprint density at radius 2 is 2.18 bits per heavy atom. The van der Waals surface area contributed by atoms with Crippen LogP contribution < -0.4 is 0 Å². The third-order valence-electron chi connectivity index (χ3n) is 2.51. The SMILES string of the molecule is N#Cc1nc(-c2c[nH]c3ccccc23)sc1Cl. The Morgan fingerprint density at radius 3 is 2.94 bits per heavy atom. The van der Waals surface area contributed by atoms with Gasteiger partial charge in [0.15, 0.2) is 5.69 Å². The number of nitriles is 1. The van der Waals surface area contributed by atoms with Gasteiger partial charge in [-0.05, 0) is 6.07 Å². The fourth-order valence-electron chi connectivity index (χ4n) is 1.73. The first-order valence-corrected chi connectivity index (χ1v) is 6.12. The minimum atomic E-state index is 0.289. The second-order valence-corrected chi connectivity index (χ2v) is 5.10. The van der Waals surface area contributed by atoms with Crippen molar-refractivity contribution in [2.24, 2.45) is 0 Å². The highest BCUT2D eigenvalue weighted by atomic mass is 35.5. The van der Waals surface area contributed by atoms with E-state index in [1.165, 1.54) is 11.3 Å². The zero-order valence-corrected chi connectivity index (χ0v) is 10.1. The molecule has 0 spiro atoms. The zero-order chi connectivity index (χ0) is 11.8. The van der Waals surface area contributed by atoms with Crippen molar-refractivity contribution in [3.05, 3.63) is 40.5 Å². The first kappa shape index (κ1) is 10.3. The fourth-order valence-corrected chi connectivity index (χ4v) is 2.81. The van der Waals surface area contributed by atoms with Gasteiger partial charge in [0.05, 0.1) is 0 Å². The molecular weight excluding hydrogens is 254 g/mol. The van der Waals surface area contributed by atoms with Gasteiger partial charge in [-0.1, -0.05) is 29.8 Å². The largest absolute Gasteiger partial charge is 0.360 e. The van der Waals surface area contributed by atoms with Crippen molar-refractivity contribution in [2.75, 3.05) is 0 Å². The average Bonchev–Trinajstić information content (AvgIpc) is 2.92. The molecule has 3 rings (SSSR count). The molecule has 0 saturated carbocycles. The quantitative estimate of drug-likeness (QED) is 0.722. The Labute approximate surface area is 106 Å². The summed E-state index contributed by atoms with van der Waals surface area (Å²) in [7, 11) is 0. The molecule has 3 aromatic rings. The molecule has 0 bridgehead atoms. The molecule has 2 aromatic heterocycles. The van der Waals surface area contributed by atoms with Gasteiger partial charge in [-0.25, -0.2) is 4.98 Å². The lowest BCUT2D eigenvalue weighted by molar-refractivity contribution is 1.33. The number of H-pyrrole nitrogens is 1. The molecule has 82 valence electrons. The Balaban J connectivity index is 2.24. The fraction of sp³-hybridized carbons (Fsp3) is 0. The molecule has 0 aliphatic rings. The third-order valence-corrected chi connectivity index (χ3v) is 3.80. The van der Waals surface area contributed by atoms with E-state index in [-0.39, 0.29) is 5.69 Å². The van der Waals surface area contributed by atoms with Crippen molar-refractivity contribution in [1.29, 1.82) is 5.26 Å². The molecule has 0 atom stereocenters. The van der Waals surface area contributed by atoms with Crippen LogP contribution in [-0.4, -0.2) is 9.97 Å². The van der Waals surface area contributed by atoms with Crippen LogP contribution in [0.15, 0.2) is 30.5 Å². The molecule has 1 aromatic carbocycles. The standard InChI is InChI=1S/C12H6ClN3S/c13-11-10(5-14)16-12(17-11)8-6-15-9-4-2-1-3-7(8)9/h1-4,6,15H. The van der Waals surface area contributed by atoms with Gasteiger partial charge in [-0.15, -0.1) is 11.3 Å². The smallest absolute Gasteiger partial charge is 0.170 e. The molecule has 17 heavy (non-hydrogen) atoms. The molecule has 0 amide bonds. The predicted molar refractivity (Wildman–Crippen MR) is 69.1 cm³/mol. The molecule has 0 aliphatic heterocycles. The number of para-hydroxylation sites is 1. The minimum Gasteiger partial charge on any atom is -0.360 e. The summed E-state index contributed by atoms with van der Waals surface area (Å²) in [6, 6.07) is 9.94. The summed E-state index contributed by atoms with van der Waals surface area (Å²) >= 11 is 7.26. The van der Waals surface area contributed by atoms with E-state index in [0.29, 0.717) is 4.34 Å². The summed E-state index contributed by atoms with van der Waals surface area (Å²) < 4.78 is 0.438. The van der Waals surface area contributed by atoms with Crippen LogP contribution in [-0.2, 0) is 0 Å². The molecule has 0 saturated heterocycles. The number of aromatic nitrogens is 2. The second kappa shape index (κ2) is 3.88. The second-order valence-electron chi connectivity index (χ2n) is 3.50. The van der Waals surface area contributed by atoms with E-state index >= 15 is 0 Å². The number of halogens is 1. The summed E-state index contributed by atoms with van der Waals surface area (Å²) in [6.07, 6.45) is 1.89. The summed E-state index contributed by atoms with van der Waals surface area (Å²) in [4.78, 5) is 7.40. The zero-order valence-electron chi connectivity index (χ0n) is 8.57. The van der Waals surface area contributed by atoms with Crippen molar-refractivity contribution < 1.29 is 0 Å². The highest BCUT2D eigenvalue weighted by molar-refractivity contribution is 7.19. The predicted octanol–water partition coefficient (Wildman–Crippen LogP) is 3.82. The van der Waals surface area contributed by atoms with Crippen LogP contribution in [0.3, 0.4) is 0 Å². The minimum absolute atomic E-state index is 0.289. The van der Waals surface area contributed by atoms with Crippen molar-refractivity contribution in [3.63, 3.8) is 0 Å². The molecule has 0 aliphatic carbocycles. The van der Waals surface area contributed by atoms with Gasteiger partial charge < -0.3 is 4.98 Å². The van der Waals surface area contributed by atoms with Crippen LogP contribution in [0.1, 0.15) is 5.69 Å². The molecule has 2 heterocycles. The summed E-state index contributed by atoms with van der Waals surface area (Å²) in [5.74, 6) is 0. The van der Waals surface area contributed by atoms with E-state index < -0.39 is 0 Å². The molecule has 5 heteroatoms. The van der Waals surface area contributed by atoms with Gasteiger partial charge in [0.1, 0.15) is 15.4 Å². The summed E-state index contributed by atoms with van der Waals surface area (Å²) in [6.45, 7) is 0. The number of hydrogen-bond acceptors (Lipinski definition) is 3. The normalized spacial score (nSPS) is 10.6. The maximum Gasteiger partial charge on any atom is 0.170 e. The molecule has 0 fully saturated rings. The maximum absolute atomic E-state index is 8.84. The summed E-state index contributed by atoms with van der Waals surface area (Å²) in [5, 5.41) is 10.7. The highest BCUT2D eigenvalue weighted by Crippen LogP contribution is 2.35. The van der Waals surface area contributed by atoms with Crippen LogP contribution in [0, 0.1) is 11.3 Å². The number of fused-ring (bicyclic) bond motifs is 1. The number of nitrogens with zero attached hydrogens (tertiary/aromatic N) is 2. The Kier molecular flexibility index (Phi) is 2.36. The number of thiazole rings is 1. The van der Waals surface area contributed by atoms with Gasteiger partial charge in [-0.2, -0.15) is 5.26 Å². The number of hydrogen-bond donors (Lipinski definition) is 1. The van der Waals surface area contributed by atoms with Crippen molar-refractivity contribution in [2.45, 2.75) is 0 Å². The number of rotatable bonds is 1. The Morgan fingerprint density at radius 1 is 1.35 bits per heavy atom. The lowest BCUT2D eigenvalue weighted by Crippen LogP contribution is -1.76. The molecule has 1 N–H and O–H groups in total. The number of aromatic amines is 1.